The first-order valence-corrected chi connectivity index (χ1v) is 7.43. The lowest BCUT2D eigenvalue weighted by atomic mass is 10.2. The maximum atomic E-state index is 12.2. The number of nitrogens with zero attached hydrogens (tertiary/aromatic N) is 1. The van der Waals surface area contributed by atoms with Crippen molar-refractivity contribution in [2.24, 2.45) is 0 Å². The standard InChI is InChI=1S/C12H20N2O3S/c1-10(2)14(7-8-15)18(16,17)9-11-5-3-4-6-12(11)13/h3-6,10,15H,7-9,13H2,1-2H3. The van der Waals surface area contributed by atoms with E-state index in [9.17, 15) is 8.42 Å². The minimum atomic E-state index is -3.47. The van der Waals surface area contributed by atoms with Gasteiger partial charge in [0.2, 0.25) is 10.0 Å². The molecule has 0 radical (unpaired) electrons. The van der Waals surface area contributed by atoms with Gasteiger partial charge in [0.15, 0.2) is 0 Å². The van der Waals surface area contributed by atoms with Gasteiger partial charge >= 0.3 is 0 Å². The van der Waals surface area contributed by atoms with Gasteiger partial charge in [-0.1, -0.05) is 18.2 Å². The highest BCUT2D eigenvalue weighted by molar-refractivity contribution is 7.88. The van der Waals surface area contributed by atoms with Crippen LogP contribution in [0.4, 0.5) is 5.69 Å². The summed E-state index contributed by atoms with van der Waals surface area (Å²) in [6, 6.07) is 6.71. The van der Waals surface area contributed by atoms with Crippen LogP contribution in [-0.4, -0.2) is 37.0 Å². The summed E-state index contributed by atoms with van der Waals surface area (Å²) in [4.78, 5) is 0. The molecule has 3 N–H and O–H groups in total. The summed E-state index contributed by atoms with van der Waals surface area (Å²) in [5.74, 6) is -0.141. The molecule has 0 aliphatic rings. The number of aliphatic hydroxyl groups is 1. The average Bonchev–Trinajstić information content (AvgIpc) is 2.28. The van der Waals surface area contributed by atoms with E-state index in [1.54, 1.807) is 38.1 Å². The van der Waals surface area contributed by atoms with Crippen molar-refractivity contribution in [3.05, 3.63) is 29.8 Å². The molecule has 0 unspecified atom stereocenters. The second-order valence-electron chi connectivity index (χ2n) is 4.38. The van der Waals surface area contributed by atoms with Gasteiger partial charge < -0.3 is 10.8 Å². The summed E-state index contributed by atoms with van der Waals surface area (Å²) >= 11 is 0. The number of aliphatic hydroxyl groups excluding tert-OH is 1. The maximum absolute atomic E-state index is 12.2. The molecule has 0 heterocycles. The number of benzene rings is 1. The third kappa shape index (κ3) is 3.69. The highest BCUT2D eigenvalue weighted by Crippen LogP contribution is 2.18. The first kappa shape index (κ1) is 14.9. The maximum Gasteiger partial charge on any atom is 0.218 e. The number of rotatable bonds is 6. The van der Waals surface area contributed by atoms with Crippen molar-refractivity contribution >= 4 is 15.7 Å². The highest BCUT2D eigenvalue weighted by atomic mass is 32.2. The van der Waals surface area contributed by atoms with Crippen molar-refractivity contribution in [1.82, 2.24) is 4.31 Å². The van der Waals surface area contributed by atoms with Crippen LogP contribution in [0.25, 0.3) is 0 Å². The van der Waals surface area contributed by atoms with E-state index in [1.165, 1.54) is 4.31 Å². The normalized spacial score (nSPS) is 12.3. The average molecular weight is 272 g/mol. The molecule has 1 aromatic carbocycles. The van der Waals surface area contributed by atoms with Crippen LogP contribution in [0.5, 0.6) is 0 Å². The molecule has 0 atom stereocenters. The number of para-hydroxylation sites is 1. The number of sulfonamides is 1. The first-order valence-electron chi connectivity index (χ1n) is 5.82. The largest absolute Gasteiger partial charge is 0.398 e. The third-order valence-electron chi connectivity index (χ3n) is 2.65. The van der Waals surface area contributed by atoms with Crippen molar-refractivity contribution in [3.63, 3.8) is 0 Å². The lowest BCUT2D eigenvalue weighted by Crippen LogP contribution is -2.39. The Bertz CT molecular complexity index is 486. The molecule has 0 saturated carbocycles. The molecule has 6 heteroatoms. The van der Waals surface area contributed by atoms with Crippen LogP contribution in [-0.2, 0) is 15.8 Å². The van der Waals surface area contributed by atoms with E-state index < -0.39 is 10.0 Å². The van der Waals surface area contributed by atoms with Crippen molar-refractivity contribution in [3.8, 4) is 0 Å². The van der Waals surface area contributed by atoms with E-state index in [1.807, 2.05) is 0 Å². The Morgan fingerprint density at radius 1 is 1.33 bits per heavy atom. The fraction of sp³-hybridized carbons (Fsp3) is 0.500. The van der Waals surface area contributed by atoms with Crippen LogP contribution >= 0.6 is 0 Å². The highest BCUT2D eigenvalue weighted by Gasteiger charge is 2.25. The van der Waals surface area contributed by atoms with Gasteiger partial charge in [0.1, 0.15) is 0 Å². The summed E-state index contributed by atoms with van der Waals surface area (Å²) in [6.45, 7) is 3.47. The summed E-state index contributed by atoms with van der Waals surface area (Å²) in [5, 5.41) is 8.94. The predicted octanol–water partition coefficient (Wildman–Crippen LogP) is 0.801. The SMILES string of the molecule is CC(C)N(CCO)S(=O)(=O)Cc1ccccc1N. The molecule has 0 aromatic heterocycles. The first-order chi connectivity index (χ1) is 8.38. The number of hydrogen-bond donors (Lipinski definition) is 2. The van der Waals surface area contributed by atoms with Gasteiger partial charge in [-0.3, -0.25) is 0 Å². The Hall–Kier alpha value is -1.11. The van der Waals surface area contributed by atoms with Gasteiger partial charge in [0.05, 0.1) is 12.4 Å². The Balaban J connectivity index is 2.96. The summed E-state index contributed by atoms with van der Waals surface area (Å²) < 4.78 is 25.8. The van der Waals surface area contributed by atoms with Gasteiger partial charge in [-0.25, -0.2) is 8.42 Å². The molecular formula is C12H20N2O3S. The van der Waals surface area contributed by atoms with Crippen molar-refractivity contribution in [2.75, 3.05) is 18.9 Å². The van der Waals surface area contributed by atoms with Crippen LogP contribution in [0.2, 0.25) is 0 Å². The molecule has 0 aliphatic heterocycles. The smallest absolute Gasteiger partial charge is 0.218 e. The van der Waals surface area contributed by atoms with Crippen LogP contribution in [0, 0.1) is 0 Å². The topological polar surface area (TPSA) is 83.6 Å². The Kier molecular flexibility index (Phi) is 5.13. The Morgan fingerprint density at radius 2 is 1.94 bits per heavy atom. The molecule has 0 saturated heterocycles. The Morgan fingerprint density at radius 3 is 2.44 bits per heavy atom. The fourth-order valence-electron chi connectivity index (χ4n) is 1.76. The van der Waals surface area contributed by atoms with E-state index in [-0.39, 0.29) is 24.9 Å². The van der Waals surface area contributed by atoms with E-state index in [2.05, 4.69) is 0 Å². The van der Waals surface area contributed by atoms with Crippen LogP contribution < -0.4 is 5.73 Å². The zero-order valence-corrected chi connectivity index (χ0v) is 11.5. The molecule has 0 amide bonds. The minimum absolute atomic E-state index is 0.104. The van der Waals surface area contributed by atoms with Crippen molar-refractivity contribution < 1.29 is 13.5 Å². The van der Waals surface area contributed by atoms with Crippen molar-refractivity contribution in [2.45, 2.75) is 25.6 Å². The lowest BCUT2D eigenvalue weighted by Gasteiger charge is -2.25. The van der Waals surface area contributed by atoms with E-state index in [4.69, 9.17) is 10.8 Å². The molecule has 18 heavy (non-hydrogen) atoms. The molecule has 1 rings (SSSR count). The second-order valence-corrected chi connectivity index (χ2v) is 6.30. The Labute approximate surface area is 108 Å². The van der Waals surface area contributed by atoms with Gasteiger partial charge in [-0.2, -0.15) is 4.31 Å². The quantitative estimate of drug-likeness (QED) is 0.750. The zero-order valence-electron chi connectivity index (χ0n) is 10.7. The zero-order chi connectivity index (χ0) is 13.8. The number of nitrogens with two attached hydrogens (primary N) is 1. The summed E-state index contributed by atoms with van der Waals surface area (Å²) in [6.07, 6.45) is 0. The van der Waals surface area contributed by atoms with Gasteiger partial charge in [-0.05, 0) is 25.5 Å². The van der Waals surface area contributed by atoms with Gasteiger partial charge in [-0.15, -0.1) is 0 Å². The molecular weight excluding hydrogens is 252 g/mol. The number of nitrogen functional groups attached to an aromatic ring is 1. The molecule has 1 aromatic rings. The number of anilines is 1. The molecule has 102 valence electrons. The predicted molar refractivity (Wildman–Crippen MR) is 72.4 cm³/mol. The fourth-order valence-corrected chi connectivity index (χ4v) is 3.59. The summed E-state index contributed by atoms with van der Waals surface area (Å²) in [5.41, 5.74) is 6.80. The lowest BCUT2D eigenvalue weighted by molar-refractivity contribution is 0.236. The second kappa shape index (κ2) is 6.17. The van der Waals surface area contributed by atoms with E-state index in [0.717, 1.165) is 0 Å². The van der Waals surface area contributed by atoms with Crippen LogP contribution in [0.1, 0.15) is 19.4 Å². The number of hydrogen-bond acceptors (Lipinski definition) is 4. The van der Waals surface area contributed by atoms with Crippen molar-refractivity contribution in [1.29, 1.82) is 0 Å². The van der Waals surface area contributed by atoms with Gasteiger partial charge in [0, 0.05) is 18.3 Å². The third-order valence-corrected chi connectivity index (χ3v) is 4.64. The molecule has 0 aliphatic carbocycles. The van der Waals surface area contributed by atoms with Gasteiger partial charge in [0.25, 0.3) is 0 Å². The van der Waals surface area contributed by atoms with E-state index in [0.29, 0.717) is 11.3 Å². The monoisotopic (exact) mass is 272 g/mol. The molecule has 0 fully saturated rings. The van der Waals surface area contributed by atoms with Crippen LogP contribution in [0.3, 0.4) is 0 Å². The molecule has 0 bridgehead atoms. The molecule has 5 nitrogen and oxygen atoms in total. The van der Waals surface area contributed by atoms with E-state index >= 15 is 0 Å². The van der Waals surface area contributed by atoms with Crippen LogP contribution in [0.15, 0.2) is 24.3 Å². The molecule has 0 spiro atoms. The summed E-state index contributed by atoms with van der Waals surface area (Å²) in [7, 11) is -3.47. The minimum Gasteiger partial charge on any atom is -0.398 e.